The summed E-state index contributed by atoms with van der Waals surface area (Å²) >= 11 is 0. The molecule has 0 aliphatic heterocycles. The van der Waals surface area contributed by atoms with Gasteiger partial charge < -0.3 is 39.1 Å². The third-order valence-corrected chi connectivity index (χ3v) is 1.28. The third kappa shape index (κ3) is 11.6. The number of para-hydroxylation sites is 1. The normalized spacial score (nSPS) is 7.07. The fraction of sp³-hybridized carbons (Fsp3) is 0. The second-order valence-corrected chi connectivity index (χ2v) is 2.26. The molecular formula is C6H5Cl2Mg2O3P. The van der Waals surface area contributed by atoms with Gasteiger partial charge in [-0.15, -0.1) is 0 Å². The molecule has 0 aliphatic carbocycles. The van der Waals surface area contributed by atoms with Gasteiger partial charge in [0.1, 0.15) is 5.75 Å². The summed E-state index contributed by atoms with van der Waals surface area (Å²) in [6, 6.07) is 8.34. The van der Waals surface area contributed by atoms with Crippen molar-refractivity contribution in [2.45, 2.75) is 0 Å². The van der Waals surface area contributed by atoms with E-state index in [0.29, 0.717) is 5.75 Å². The van der Waals surface area contributed by atoms with Crippen LogP contribution in [0.1, 0.15) is 0 Å². The summed E-state index contributed by atoms with van der Waals surface area (Å²) in [5.41, 5.74) is 0. The molecule has 0 heterocycles. The molecular weight excluding hydrogens is 271 g/mol. The van der Waals surface area contributed by atoms with E-state index in [9.17, 15) is 9.79 Å². The maximum Gasteiger partial charge on any atom is 2.00 e. The fourth-order valence-corrected chi connectivity index (χ4v) is 0.861. The molecule has 0 bridgehead atoms. The summed E-state index contributed by atoms with van der Waals surface area (Å²) in [7, 11) is -2.78. The molecule has 0 saturated carbocycles. The van der Waals surface area contributed by atoms with Gasteiger partial charge in [0.15, 0.2) is 0 Å². The number of halogens is 2. The number of benzene rings is 1. The molecule has 0 unspecified atom stereocenters. The second-order valence-electron chi connectivity index (χ2n) is 1.63. The van der Waals surface area contributed by atoms with Crippen LogP contribution < -0.4 is 39.1 Å². The van der Waals surface area contributed by atoms with E-state index in [2.05, 4.69) is 4.52 Å². The van der Waals surface area contributed by atoms with E-state index in [1.807, 2.05) is 0 Å². The first-order valence-electron chi connectivity index (χ1n) is 2.66. The molecule has 0 saturated heterocycles. The molecule has 0 fully saturated rings. The van der Waals surface area contributed by atoms with Crippen molar-refractivity contribution in [3.05, 3.63) is 30.3 Å². The molecule has 0 radical (unpaired) electrons. The first kappa shape index (κ1) is 24.6. The minimum Gasteiger partial charge on any atom is -1.00 e. The smallest absolute Gasteiger partial charge is 1.00 e. The molecule has 1 rings (SSSR count). The van der Waals surface area contributed by atoms with Gasteiger partial charge in [-0.2, -0.15) is 0 Å². The topological polar surface area (TPSA) is 55.3 Å². The zero-order chi connectivity index (χ0) is 7.40. The molecule has 1 aromatic rings. The zero-order valence-electron chi connectivity index (χ0n) is 7.23. The minimum absolute atomic E-state index is 0. The number of hydrogen-bond acceptors (Lipinski definition) is 3. The van der Waals surface area contributed by atoms with Gasteiger partial charge in [-0.1, -0.05) is 26.8 Å². The van der Waals surface area contributed by atoms with E-state index in [1.165, 1.54) is 0 Å². The average Bonchev–Trinajstić information content (AvgIpc) is 1.88. The van der Waals surface area contributed by atoms with Crippen LogP contribution in [-0.2, 0) is 0 Å². The van der Waals surface area contributed by atoms with Gasteiger partial charge in [-0.3, -0.25) is 0 Å². The van der Waals surface area contributed by atoms with Crippen molar-refractivity contribution in [3.63, 3.8) is 0 Å². The summed E-state index contributed by atoms with van der Waals surface area (Å²) in [5.74, 6) is 0.346. The van der Waals surface area contributed by atoms with Crippen molar-refractivity contribution < 1.29 is 39.1 Å². The Balaban J connectivity index is -0.000000125. The van der Waals surface area contributed by atoms with Crippen LogP contribution in [0.15, 0.2) is 30.3 Å². The van der Waals surface area contributed by atoms with Gasteiger partial charge in [-0.05, 0) is 12.1 Å². The van der Waals surface area contributed by atoms with E-state index in [4.69, 9.17) is 0 Å². The van der Waals surface area contributed by atoms with Crippen LogP contribution >= 0.6 is 8.60 Å². The quantitative estimate of drug-likeness (QED) is 0.398. The standard InChI is InChI=1S/C6H5O3P.2ClH.2Mg/c7-10(8)9-6-4-2-1-3-5-6;;;;/h1-5H;2*1H;;/q-2;;;2*+2/p-2. The maximum atomic E-state index is 9.98. The van der Waals surface area contributed by atoms with Crippen molar-refractivity contribution >= 4 is 54.7 Å². The Hall–Kier alpha value is 1.48. The van der Waals surface area contributed by atoms with Crippen molar-refractivity contribution in [1.82, 2.24) is 0 Å². The predicted molar refractivity (Wildman–Crippen MR) is 45.5 cm³/mol. The average molecular weight is 276 g/mol. The molecule has 70 valence electrons. The largest absolute Gasteiger partial charge is 2.00 e. The second kappa shape index (κ2) is 14.5. The van der Waals surface area contributed by atoms with E-state index < -0.39 is 8.60 Å². The Kier molecular flexibility index (Phi) is 25.5. The van der Waals surface area contributed by atoms with Gasteiger partial charge in [0.25, 0.3) is 0 Å². The van der Waals surface area contributed by atoms with Crippen molar-refractivity contribution in [3.8, 4) is 5.75 Å². The van der Waals surface area contributed by atoms with Crippen molar-refractivity contribution in [2.75, 3.05) is 0 Å². The van der Waals surface area contributed by atoms with E-state index in [0.717, 1.165) is 0 Å². The number of hydrogen-bond donors (Lipinski definition) is 0. The maximum absolute atomic E-state index is 9.98. The summed E-state index contributed by atoms with van der Waals surface area (Å²) in [5, 5.41) is 0. The first-order valence-corrected chi connectivity index (χ1v) is 3.76. The van der Waals surface area contributed by atoms with Gasteiger partial charge in [0, 0.05) is 0 Å². The predicted octanol–water partition coefficient (Wildman–Crippen LogP) is -6.74. The molecule has 0 aliphatic rings. The van der Waals surface area contributed by atoms with Crippen LogP contribution in [0.5, 0.6) is 5.75 Å². The Morgan fingerprint density at radius 1 is 0.929 bits per heavy atom. The zero-order valence-corrected chi connectivity index (χ0v) is 12.5. The third-order valence-electron chi connectivity index (χ3n) is 0.923. The van der Waals surface area contributed by atoms with Gasteiger partial charge >= 0.3 is 46.1 Å². The van der Waals surface area contributed by atoms with E-state index in [-0.39, 0.29) is 70.9 Å². The van der Waals surface area contributed by atoms with Crippen LogP contribution in [-0.4, -0.2) is 46.1 Å². The summed E-state index contributed by atoms with van der Waals surface area (Å²) in [4.78, 5) is 20.0. The Morgan fingerprint density at radius 3 is 1.71 bits per heavy atom. The SMILES string of the molecule is [Cl-].[Cl-].[Mg+2].[Mg+2].[O-]P([O-])Oc1ccccc1. The molecule has 0 spiro atoms. The first-order chi connectivity index (χ1) is 4.79. The van der Waals surface area contributed by atoms with Crippen LogP contribution in [0.25, 0.3) is 0 Å². The molecule has 8 heteroatoms. The van der Waals surface area contributed by atoms with Crippen LogP contribution in [0.3, 0.4) is 0 Å². The van der Waals surface area contributed by atoms with Crippen LogP contribution in [0, 0.1) is 0 Å². The summed E-state index contributed by atoms with van der Waals surface area (Å²) < 4.78 is 4.37. The molecule has 0 N–H and O–H groups in total. The molecule has 3 nitrogen and oxygen atoms in total. The van der Waals surface area contributed by atoms with E-state index in [1.54, 1.807) is 30.3 Å². The van der Waals surface area contributed by atoms with Gasteiger partial charge in [-0.25, -0.2) is 0 Å². The molecule has 0 amide bonds. The van der Waals surface area contributed by atoms with E-state index >= 15 is 0 Å². The molecule has 14 heavy (non-hydrogen) atoms. The van der Waals surface area contributed by atoms with Crippen LogP contribution in [0.4, 0.5) is 0 Å². The minimum atomic E-state index is -2.78. The summed E-state index contributed by atoms with van der Waals surface area (Å²) in [6.07, 6.45) is 0. The molecule has 0 atom stereocenters. The van der Waals surface area contributed by atoms with Crippen molar-refractivity contribution in [2.24, 2.45) is 0 Å². The Bertz CT molecular complexity index is 204. The number of rotatable bonds is 2. The Labute approximate surface area is 129 Å². The molecule has 1 aromatic carbocycles. The monoisotopic (exact) mass is 274 g/mol. The Morgan fingerprint density at radius 2 is 1.36 bits per heavy atom. The van der Waals surface area contributed by atoms with Gasteiger partial charge in [0.2, 0.25) is 0 Å². The fourth-order valence-electron chi connectivity index (χ4n) is 0.567. The van der Waals surface area contributed by atoms with Crippen molar-refractivity contribution in [1.29, 1.82) is 0 Å². The summed E-state index contributed by atoms with van der Waals surface area (Å²) in [6.45, 7) is 0. The van der Waals surface area contributed by atoms with Crippen LogP contribution in [0.2, 0.25) is 0 Å². The molecule has 0 aromatic heterocycles. The van der Waals surface area contributed by atoms with Gasteiger partial charge in [0.05, 0.1) is 0 Å².